The molecule has 0 N–H and O–H groups in total. The Morgan fingerprint density at radius 3 is 2.29 bits per heavy atom. The van der Waals surface area contributed by atoms with E-state index < -0.39 is 5.78 Å². The SMILES string of the molecule is Cc1ccc(C(=O)C(=[N+]=[N-])[C]2[N][N][N][N]2)cc1. The molecule has 17 heavy (non-hydrogen) atoms. The zero-order valence-corrected chi connectivity index (χ0v) is 8.90. The Morgan fingerprint density at radius 2 is 1.76 bits per heavy atom. The van der Waals surface area contributed by atoms with Crippen LogP contribution in [0.5, 0.6) is 0 Å². The van der Waals surface area contributed by atoms with Crippen molar-refractivity contribution in [1.29, 1.82) is 0 Å². The van der Waals surface area contributed by atoms with Gasteiger partial charge in [-0.15, -0.1) is 0 Å². The second-order valence-corrected chi connectivity index (χ2v) is 3.35. The second-order valence-electron chi connectivity index (χ2n) is 3.35. The highest BCUT2D eigenvalue weighted by molar-refractivity contribution is 6.47. The highest BCUT2D eigenvalue weighted by Crippen LogP contribution is 2.09. The lowest BCUT2D eigenvalue weighted by Crippen LogP contribution is -2.31. The van der Waals surface area contributed by atoms with Crippen LogP contribution in [0.1, 0.15) is 15.9 Å². The number of hydrogen-bond acceptors (Lipinski definition) is 1. The van der Waals surface area contributed by atoms with Gasteiger partial charge in [0.25, 0.3) is 11.9 Å². The summed E-state index contributed by atoms with van der Waals surface area (Å²) in [6.45, 7) is 1.91. The summed E-state index contributed by atoms with van der Waals surface area (Å²) in [4.78, 5) is 14.9. The molecule has 1 fully saturated rings. The fourth-order valence-corrected chi connectivity index (χ4v) is 1.27. The van der Waals surface area contributed by atoms with Crippen LogP contribution in [0.4, 0.5) is 0 Å². The molecule has 5 radical (unpaired) electrons. The smallest absolute Gasteiger partial charge is 0.361 e. The van der Waals surface area contributed by atoms with Crippen LogP contribution < -0.4 is 21.9 Å². The second kappa shape index (κ2) is 4.96. The van der Waals surface area contributed by atoms with Crippen molar-refractivity contribution in [2.75, 3.05) is 0 Å². The molecule has 0 unspecified atom stereocenters. The summed E-state index contributed by atoms with van der Waals surface area (Å²) in [6, 6.07) is 6.83. The first-order chi connectivity index (χ1) is 8.22. The van der Waals surface area contributed by atoms with Crippen molar-refractivity contribution in [2.45, 2.75) is 6.92 Å². The summed E-state index contributed by atoms with van der Waals surface area (Å²) in [5.74, 6) is -0.484. The van der Waals surface area contributed by atoms with Gasteiger partial charge in [0.05, 0.1) is 0 Å². The number of ketones is 1. The maximum Gasteiger partial charge on any atom is 0.384 e. The third-order valence-corrected chi connectivity index (χ3v) is 2.16. The number of carbonyl (C=O) groups is 1. The fourth-order valence-electron chi connectivity index (χ4n) is 1.27. The maximum absolute atomic E-state index is 12.0. The molecular formula is C10H7N6O. The molecule has 0 atom stereocenters. The standard InChI is InChI=1S/C10H7N6O/c1-6-2-4-7(5-3-6)9(17)8(12-11)10-13-15-16-14-10/h2-5H,1H3. The Morgan fingerprint density at radius 1 is 1.18 bits per heavy atom. The first-order valence-corrected chi connectivity index (χ1v) is 4.75. The van der Waals surface area contributed by atoms with Crippen molar-refractivity contribution in [1.82, 2.24) is 21.9 Å². The molecule has 0 amide bonds. The van der Waals surface area contributed by atoms with Crippen LogP contribution in [0.15, 0.2) is 24.3 Å². The molecule has 0 bridgehead atoms. The summed E-state index contributed by atoms with van der Waals surface area (Å²) in [7, 11) is 0. The highest BCUT2D eigenvalue weighted by atomic mass is 16.1. The molecule has 0 spiro atoms. The number of hydrogen-bond donors (Lipinski definition) is 0. The lowest BCUT2D eigenvalue weighted by Gasteiger charge is -1.99. The number of rotatable bonds is 3. The van der Waals surface area contributed by atoms with E-state index >= 15 is 0 Å². The van der Waals surface area contributed by atoms with E-state index in [0.717, 1.165) is 5.56 Å². The van der Waals surface area contributed by atoms with Gasteiger partial charge in [0, 0.05) is 5.56 Å². The minimum Gasteiger partial charge on any atom is -0.361 e. The molecule has 7 nitrogen and oxygen atoms in total. The lowest BCUT2D eigenvalue weighted by atomic mass is 10.0. The predicted molar refractivity (Wildman–Crippen MR) is 55.9 cm³/mol. The van der Waals surface area contributed by atoms with Crippen molar-refractivity contribution in [3.8, 4) is 0 Å². The predicted octanol–water partition coefficient (Wildman–Crippen LogP) is -0.486. The van der Waals surface area contributed by atoms with Gasteiger partial charge in [-0.1, -0.05) is 40.7 Å². The number of Topliss-reactive ketones (excluding diaryl/α,β-unsaturated/α-hetero) is 1. The summed E-state index contributed by atoms with van der Waals surface area (Å²) in [5.41, 5.74) is 23.3. The molecule has 7 heteroatoms. The van der Waals surface area contributed by atoms with Gasteiger partial charge in [0.1, 0.15) is 0 Å². The van der Waals surface area contributed by atoms with Crippen LogP contribution in [-0.4, -0.2) is 16.3 Å². The molecule has 1 saturated heterocycles. The number of nitrogens with zero attached hydrogens (tertiary/aromatic N) is 6. The normalized spacial score (nSPS) is 15.6. The van der Waals surface area contributed by atoms with Crippen molar-refractivity contribution in [3.05, 3.63) is 47.1 Å². The molecule has 2 rings (SSSR count). The molecule has 1 aliphatic rings. The van der Waals surface area contributed by atoms with E-state index in [1.807, 2.05) is 6.92 Å². The topological polar surface area (TPSA) is 110 Å². The summed E-state index contributed by atoms with van der Waals surface area (Å²) >= 11 is 0. The van der Waals surface area contributed by atoms with Gasteiger partial charge in [0.2, 0.25) is 0 Å². The highest BCUT2D eigenvalue weighted by Gasteiger charge is 2.39. The monoisotopic (exact) mass is 227 g/mol. The van der Waals surface area contributed by atoms with Crippen molar-refractivity contribution in [2.24, 2.45) is 0 Å². The molecule has 1 heterocycles. The van der Waals surface area contributed by atoms with Crippen LogP contribution in [0.3, 0.4) is 0 Å². The van der Waals surface area contributed by atoms with E-state index in [0.29, 0.717) is 5.56 Å². The molecule has 1 aliphatic heterocycles. The zero-order valence-electron chi connectivity index (χ0n) is 8.90. The third-order valence-electron chi connectivity index (χ3n) is 2.16. The first-order valence-electron chi connectivity index (χ1n) is 4.75. The Hall–Kier alpha value is -1.89. The largest absolute Gasteiger partial charge is 0.384 e. The van der Waals surface area contributed by atoms with Crippen molar-refractivity contribution >= 4 is 11.5 Å². The van der Waals surface area contributed by atoms with Gasteiger partial charge in [-0.2, -0.15) is 4.79 Å². The molecule has 83 valence electrons. The van der Waals surface area contributed by atoms with Crippen LogP contribution in [0.25, 0.3) is 5.53 Å². The molecule has 1 aromatic carbocycles. The van der Waals surface area contributed by atoms with Crippen LogP contribution in [0, 0.1) is 13.1 Å². The molecule has 0 saturated carbocycles. The third kappa shape index (κ3) is 2.44. The molecular weight excluding hydrogens is 220 g/mol. The summed E-state index contributed by atoms with van der Waals surface area (Å²) in [5, 5.41) is 0. The average Bonchev–Trinajstić information content (AvgIpc) is 2.84. The summed E-state index contributed by atoms with van der Waals surface area (Å²) in [6.07, 6.45) is -0.0990. The van der Waals surface area contributed by atoms with Crippen LogP contribution in [-0.2, 0) is 0 Å². The van der Waals surface area contributed by atoms with E-state index in [1.165, 1.54) is 0 Å². The molecule has 0 aromatic heterocycles. The van der Waals surface area contributed by atoms with Gasteiger partial charge in [-0.3, -0.25) is 4.79 Å². The maximum atomic E-state index is 12.0. The van der Waals surface area contributed by atoms with E-state index in [4.69, 9.17) is 5.53 Å². The minimum absolute atomic E-state index is 0.0990. The zero-order chi connectivity index (χ0) is 12.3. The molecule has 1 aromatic rings. The average molecular weight is 227 g/mol. The van der Waals surface area contributed by atoms with E-state index in [2.05, 4.69) is 26.7 Å². The Labute approximate surface area is 97.7 Å². The number of benzene rings is 1. The minimum atomic E-state index is -0.484. The quantitative estimate of drug-likeness (QED) is 0.295. The summed E-state index contributed by atoms with van der Waals surface area (Å²) < 4.78 is 0. The van der Waals surface area contributed by atoms with Crippen LogP contribution in [0.2, 0.25) is 0 Å². The Kier molecular flexibility index (Phi) is 3.38. The van der Waals surface area contributed by atoms with Crippen molar-refractivity contribution in [3.63, 3.8) is 0 Å². The lowest BCUT2D eigenvalue weighted by molar-refractivity contribution is -0.00848. The van der Waals surface area contributed by atoms with Gasteiger partial charge in [0.15, 0.2) is 0 Å². The van der Waals surface area contributed by atoms with Crippen molar-refractivity contribution < 1.29 is 9.58 Å². The van der Waals surface area contributed by atoms with Gasteiger partial charge in [-0.05, 0) is 18.0 Å². The molecule has 0 aliphatic carbocycles. The van der Waals surface area contributed by atoms with Crippen LogP contribution >= 0.6 is 0 Å². The van der Waals surface area contributed by atoms with E-state index in [-0.39, 0.29) is 11.9 Å². The van der Waals surface area contributed by atoms with Gasteiger partial charge < -0.3 is 5.53 Å². The van der Waals surface area contributed by atoms with Gasteiger partial charge in [-0.25, -0.2) is 0 Å². The fraction of sp³-hybridized carbons (Fsp3) is 0.100. The van der Waals surface area contributed by atoms with E-state index in [9.17, 15) is 4.79 Å². The first kappa shape index (κ1) is 11.6. The number of aryl methyl sites for hydroxylation is 1. The Bertz CT molecular complexity index is 470. The number of carbonyl (C=O) groups excluding carboxylic acids is 1. The van der Waals surface area contributed by atoms with E-state index in [1.54, 1.807) is 24.3 Å². The van der Waals surface area contributed by atoms with Gasteiger partial charge >= 0.3 is 5.71 Å². The Balaban J connectivity index is 2.23.